The van der Waals surface area contributed by atoms with Crippen molar-refractivity contribution < 1.29 is 14.6 Å². The molecular weight excluding hydrogens is 340 g/mol. The van der Waals surface area contributed by atoms with Crippen molar-refractivity contribution in [1.82, 2.24) is 9.78 Å². The van der Waals surface area contributed by atoms with Crippen LogP contribution >= 0.6 is 0 Å². The minimum absolute atomic E-state index is 0.126. The van der Waals surface area contributed by atoms with Gasteiger partial charge in [-0.05, 0) is 41.0 Å². The van der Waals surface area contributed by atoms with Crippen LogP contribution in [-0.4, -0.2) is 20.9 Å². The number of carbonyl (C=O) groups is 1. The summed E-state index contributed by atoms with van der Waals surface area (Å²) in [6.45, 7) is 4.93. The first kappa shape index (κ1) is 17.1. The number of carboxylic acids is 1. The van der Waals surface area contributed by atoms with E-state index in [1.165, 1.54) is 0 Å². The van der Waals surface area contributed by atoms with E-state index in [4.69, 9.17) is 4.74 Å². The third-order valence-electron chi connectivity index (χ3n) is 4.46. The van der Waals surface area contributed by atoms with Crippen LogP contribution in [0.15, 0.2) is 60.8 Å². The van der Waals surface area contributed by atoms with Gasteiger partial charge in [-0.15, -0.1) is 0 Å². The van der Waals surface area contributed by atoms with Gasteiger partial charge in [0, 0.05) is 11.9 Å². The molecule has 0 amide bonds. The van der Waals surface area contributed by atoms with Crippen molar-refractivity contribution in [2.24, 2.45) is 5.92 Å². The lowest BCUT2D eigenvalue weighted by atomic mass is 10.1. The second-order valence-electron chi connectivity index (χ2n) is 7.04. The highest BCUT2D eigenvalue weighted by Crippen LogP contribution is 2.32. The van der Waals surface area contributed by atoms with Gasteiger partial charge in [0.2, 0.25) is 0 Å². The van der Waals surface area contributed by atoms with Crippen LogP contribution in [0.25, 0.3) is 21.7 Å². The fourth-order valence-electron chi connectivity index (χ4n) is 3.21. The normalized spacial score (nSPS) is 11.4. The second-order valence-corrected chi connectivity index (χ2v) is 7.04. The zero-order chi connectivity index (χ0) is 19.0. The van der Waals surface area contributed by atoms with Gasteiger partial charge in [-0.3, -0.25) is 4.68 Å². The van der Waals surface area contributed by atoms with Crippen molar-refractivity contribution in [3.05, 3.63) is 66.4 Å². The number of fused-ring (bicyclic) bond motifs is 2. The number of benzene rings is 3. The Morgan fingerprint density at radius 3 is 2.59 bits per heavy atom. The Morgan fingerprint density at radius 2 is 1.85 bits per heavy atom. The molecule has 0 aliphatic heterocycles. The summed E-state index contributed by atoms with van der Waals surface area (Å²) in [6.07, 6.45) is 1.75. The SMILES string of the molecule is CC(C)Cn1ncc2cc(Oc3ccc4ccccc4c3)c(C(=O)O)cc21. The molecule has 136 valence electrons. The second kappa shape index (κ2) is 6.76. The highest BCUT2D eigenvalue weighted by Gasteiger charge is 2.17. The molecular formula is C22H20N2O3. The summed E-state index contributed by atoms with van der Waals surface area (Å²) in [7, 11) is 0. The molecule has 0 radical (unpaired) electrons. The van der Waals surface area contributed by atoms with E-state index in [0.717, 1.165) is 28.2 Å². The molecule has 0 aliphatic carbocycles. The van der Waals surface area contributed by atoms with E-state index in [9.17, 15) is 9.90 Å². The molecule has 5 nitrogen and oxygen atoms in total. The minimum atomic E-state index is -1.02. The summed E-state index contributed by atoms with van der Waals surface area (Å²) in [5, 5.41) is 17.1. The standard InChI is InChI=1S/C22H20N2O3/c1-14(2)13-24-20-11-19(22(25)26)21(10-17(20)12-23-24)27-18-8-7-15-5-3-4-6-16(15)9-18/h3-12,14H,13H2,1-2H3,(H,25,26). The van der Waals surface area contributed by atoms with Gasteiger partial charge in [-0.2, -0.15) is 5.10 Å². The van der Waals surface area contributed by atoms with Crippen LogP contribution in [0, 0.1) is 5.92 Å². The first-order valence-corrected chi connectivity index (χ1v) is 8.91. The fourth-order valence-corrected chi connectivity index (χ4v) is 3.21. The van der Waals surface area contributed by atoms with Crippen LogP contribution in [-0.2, 0) is 6.54 Å². The van der Waals surface area contributed by atoms with Gasteiger partial charge in [0.1, 0.15) is 17.1 Å². The number of carboxylic acid groups (broad SMARTS) is 1. The first-order chi connectivity index (χ1) is 13.0. The molecule has 3 aromatic carbocycles. The Bertz CT molecular complexity index is 1140. The molecule has 4 aromatic rings. The largest absolute Gasteiger partial charge is 0.478 e. The lowest BCUT2D eigenvalue weighted by Crippen LogP contribution is -2.07. The molecule has 1 N–H and O–H groups in total. The molecule has 5 heteroatoms. The average molecular weight is 360 g/mol. The van der Waals surface area contributed by atoms with Gasteiger partial charge in [0.15, 0.2) is 0 Å². The predicted molar refractivity (Wildman–Crippen MR) is 106 cm³/mol. The van der Waals surface area contributed by atoms with Crippen molar-refractivity contribution in [1.29, 1.82) is 0 Å². The van der Waals surface area contributed by atoms with Crippen molar-refractivity contribution in [2.45, 2.75) is 20.4 Å². The third-order valence-corrected chi connectivity index (χ3v) is 4.46. The predicted octanol–water partition coefficient (Wildman–Crippen LogP) is 5.34. The van der Waals surface area contributed by atoms with Gasteiger partial charge in [-0.25, -0.2) is 4.79 Å². The van der Waals surface area contributed by atoms with Crippen LogP contribution in [0.2, 0.25) is 0 Å². The topological polar surface area (TPSA) is 64.4 Å². The molecule has 0 spiro atoms. The van der Waals surface area contributed by atoms with E-state index in [-0.39, 0.29) is 5.56 Å². The Balaban J connectivity index is 1.77. The molecule has 0 fully saturated rings. The maximum atomic E-state index is 11.8. The molecule has 1 aromatic heterocycles. The summed E-state index contributed by atoms with van der Waals surface area (Å²) in [5.74, 6) is 0.305. The summed E-state index contributed by atoms with van der Waals surface area (Å²) in [6, 6.07) is 17.1. The number of hydrogen-bond acceptors (Lipinski definition) is 3. The summed E-state index contributed by atoms with van der Waals surface area (Å²) in [4.78, 5) is 11.8. The fraction of sp³-hybridized carbons (Fsp3) is 0.182. The average Bonchev–Trinajstić information content (AvgIpc) is 3.02. The number of rotatable bonds is 5. The molecule has 0 atom stereocenters. The van der Waals surface area contributed by atoms with E-state index in [1.54, 1.807) is 18.3 Å². The molecule has 1 heterocycles. The molecule has 4 rings (SSSR count). The van der Waals surface area contributed by atoms with E-state index >= 15 is 0 Å². The molecule has 0 saturated carbocycles. The van der Waals surface area contributed by atoms with Gasteiger partial charge >= 0.3 is 5.97 Å². The summed E-state index contributed by atoms with van der Waals surface area (Å²) >= 11 is 0. The number of ether oxygens (including phenoxy) is 1. The Hall–Kier alpha value is -3.34. The number of aromatic carboxylic acids is 1. The lowest BCUT2D eigenvalue weighted by Gasteiger charge is -2.11. The van der Waals surface area contributed by atoms with E-state index < -0.39 is 5.97 Å². The smallest absolute Gasteiger partial charge is 0.339 e. The highest BCUT2D eigenvalue weighted by atomic mass is 16.5. The summed E-state index contributed by atoms with van der Waals surface area (Å²) < 4.78 is 7.80. The van der Waals surface area contributed by atoms with Crippen LogP contribution in [0.5, 0.6) is 11.5 Å². The Labute approximate surface area is 156 Å². The summed E-state index contributed by atoms with van der Waals surface area (Å²) in [5.41, 5.74) is 0.924. The highest BCUT2D eigenvalue weighted by molar-refractivity contribution is 5.97. The molecule has 0 aliphatic rings. The van der Waals surface area contributed by atoms with Crippen molar-refractivity contribution in [3.8, 4) is 11.5 Å². The monoisotopic (exact) mass is 360 g/mol. The van der Waals surface area contributed by atoms with Gasteiger partial charge in [0.05, 0.1) is 11.7 Å². The minimum Gasteiger partial charge on any atom is -0.478 e. The van der Waals surface area contributed by atoms with Crippen LogP contribution in [0.3, 0.4) is 0 Å². The molecule has 0 unspecified atom stereocenters. The lowest BCUT2D eigenvalue weighted by molar-refractivity contribution is 0.0694. The van der Waals surface area contributed by atoms with Crippen molar-refractivity contribution >= 4 is 27.6 Å². The van der Waals surface area contributed by atoms with Gasteiger partial charge in [-0.1, -0.05) is 44.2 Å². The van der Waals surface area contributed by atoms with E-state index in [1.807, 2.05) is 47.1 Å². The molecule has 27 heavy (non-hydrogen) atoms. The molecule has 0 saturated heterocycles. The quantitative estimate of drug-likeness (QED) is 0.522. The third kappa shape index (κ3) is 3.36. The van der Waals surface area contributed by atoms with Crippen molar-refractivity contribution in [2.75, 3.05) is 0 Å². The molecule has 0 bridgehead atoms. The number of aromatic nitrogens is 2. The first-order valence-electron chi connectivity index (χ1n) is 8.91. The van der Waals surface area contributed by atoms with Crippen LogP contribution in [0.1, 0.15) is 24.2 Å². The van der Waals surface area contributed by atoms with E-state index in [2.05, 4.69) is 18.9 Å². The maximum absolute atomic E-state index is 11.8. The Kier molecular flexibility index (Phi) is 4.28. The van der Waals surface area contributed by atoms with E-state index in [0.29, 0.717) is 17.4 Å². The number of hydrogen-bond donors (Lipinski definition) is 1. The zero-order valence-corrected chi connectivity index (χ0v) is 15.2. The van der Waals surface area contributed by atoms with Gasteiger partial charge in [0.25, 0.3) is 0 Å². The Morgan fingerprint density at radius 1 is 1.07 bits per heavy atom. The van der Waals surface area contributed by atoms with Crippen molar-refractivity contribution in [3.63, 3.8) is 0 Å². The van der Waals surface area contributed by atoms with Crippen LogP contribution in [0.4, 0.5) is 0 Å². The van der Waals surface area contributed by atoms with Crippen LogP contribution < -0.4 is 4.74 Å². The maximum Gasteiger partial charge on any atom is 0.339 e. The number of nitrogens with zero attached hydrogens (tertiary/aromatic N) is 2. The van der Waals surface area contributed by atoms with Gasteiger partial charge < -0.3 is 9.84 Å². The zero-order valence-electron chi connectivity index (χ0n) is 15.2.